The van der Waals surface area contributed by atoms with E-state index in [2.05, 4.69) is 0 Å². The minimum Gasteiger partial charge on any atom is -0.481 e. The maximum absolute atomic E-state index is 12.9. The van der Waals surface area contributed by atoms with Gasteiger partial charge in [-0.05, 0) is 12.5 Å². The van der Waals surface area contributed by atoms with Crippen LogP contribution in [0.5, 0.6) is 0 Å². The summed E-state index contributed by atoms with van der Waals surface area (Å²) < 4.78 is 11.1. The number of aryl methyl sites for hydroxylation is 1. The Hall–Kier alpha value is -2.60. The number of carboxylic acids is 1. The van der Waals surface area contributed by atoms with Crippen molar-refractivity contribution in [3.8, 4) is 0 Å². The Morgan fingerprint density at radius 2 is 2.04 bits per heavy atom. The normalized spacial score (nSPS) is 17.5. The number of aliphatic carboxylic acids is 1. The van der Waals surface area contributed by atoms with Crippen molar-refractivity contribution in [3.63, 3.8) is 0 Å². The molecule has 6 heteroatoms. The molecule has 0 saturated carbocycles. The SMILES string of the molecule is Cc1coc(CC(=O)O)c1C(=O)N1CCOC(Cc2ccccc2)C1. The van der Waals surface area contributed by atoms with Gasteiger partial charge >= 0.3 is 5.97 Å². The lowest BCUT2D eigenvalue weighted by atomic mass is 10.0. The van der Waals surface area contributed by atoms with Crippen molar-refractivity contribution < 1.29 is 23.8 Å². The van der Waals surface area contributed by atoms with E-state index < -0.39 is 5.97 Å². The van der Waals surface area contributed by atoms with Crippen LogP contribution in [0.25, 0.3) is 0 Å². The number of morpholine rings is 1. The Bertz CT molecular complexity index is 752. The van der Waals surface area contributed by atoms with Crippen LogP contribution in [0, 0.1) is 6.92 Å². The van der Waals surface area contributed by atoms with Crippen LogP contribution < -0.4 is 0 Å². The van der Waals surface area contributed by atoms with Gasteiger partial charge in [-0.15, -0.1) is 0 Å². The standard InChI is InChI=1S/C19H21NO5/c1-13-12-25-16(10-17(21)22)18(13)19(23)20-7-8-24-15(11-20)9-14-5-3-2-4-6-14/h2-6,12,15H,7-11H2,1H3,(H,21,22). The molecule has 2 aromatic rings. The number of furan rings is 1. The molecule has 1 saturated heterocycles. The molecule has 3 rings (SSSR count). The molecule has 1 aromatic heterocycles. The number of carboxylic acid groups (broad SMARTS) is 1. The summed E-state index contributed by atoms with van der Waals surface area (Å²) in [5.74, 6) is -1.00. The fourth-order valence-electron chi connectivity index (χ4n) is 3.12. The lowest BCUT2D eigenvalue weighted by Crippen LogP contribution is -2.46. The maximum atomic E-state index is 12.9. The van der Waals surface area contributed by atoms with E-state index in [9.17, 15) is 9.59 Å². The maximum Gasteiger partial charge on any atom is 0.311 e. The summed E-state index contributed by atoms with van der Waals surface area (Å²) in [5.41, 5.74) is 2.18. The highest BCUT2D eigenvalue weighted by molar-refractivity contribution is 5.97. The number of amides is 1. The van der Waals surface area contributed by atoms with Gasteiger partial charge in [-0.2, -0.15) is 0 Å². The van der Waals surface area contributed by atoms with Crippen LogP contribution in [0.4, 0.5) is 0 Å². The largest absolute Gasteiger partial charge is 0.481 e. The minimum absolute atomic E-state index is 0.0739. The molecule has 1 N–H and O–H groups in total. The molecule has 1 aliphatic heterocycles. The average molecular weight is 343 g/mol. The Morgan fingerprint density at radius 1 is 1.28 bits per heavy atom. The van der Waals surface area contributed by atoms with Gasteiger partial charge in [0, 0.05) is 25.1 Å². The molecule has 0 radical (unpaired) electrons. The van der Waals surface area contributed by atoms with E-state index in [4.69, 9.17) is 14.3 Å². The van der Waals surface area contributed by atoms with Crippen LogP contribution in [0.15, 0.2) is 41.0 Å². The third-order valence-electron chi connectivity index (χ3n) is 4.31. The van der Waals surface area contributed by atoms with Crippen molar-refractivity contribution >= 4 is 11.9 Å². The molecule has 1 fully saturated rings. The van der Waals surface area contributed by atoms with Gasteiger partial charge < -0.3 is 19.2 Å². The number of carbonyl (C=O) groups excluding carboxylic acids is 1. The van der Waals surface area contributed by atoms with Crippen molar-refractivity contribution in [2.75, 3.05) is 19.7 Å². The molecule has 2 heterocycles. The van der Waals surface area contributed by atoms with E-state index >= 15 is 0 Å². The molecule has 1 amide bonds. The Balaban J connectivity index is 1.72. The van der Waals surface area contributed by atoms with Gasteiger partial charge in [-0.1, -0.05) is 30.3 Å². The number of nitrogens with zero attached hydrogens (tertiary/aromatic N) is 1. The molecule has 0 aliphatic carbocycles. The van der Waals surface area contributed by atoms with E-state index in [0.717, 1.165) is 12.0 Å². The molecule has 1 atom stereocenters. The summed E-state index contributed by atoms with van der Waals surface area (Å²) in [6.45, 7) is 3.19. The molecule has 132 valence electrons. The number of rotatable bonds is 5. The van der Waals surface area contributed by atoms with Crippen molar-refractivity contribution in [1.29, 1.82) is 0 Å². The van der Waals surface area contributed by atoms with Crippen molar-refractivity contribution in [3.05, 3.63) is 59.0 Å². The quantitative estimate of drug-likeness (QED) is 0.901. The highest BCUT2D eigenvalue weighted by atomic mass is 16.5. The van der Waals surface area contributed by atoms with E-state index in [1.807, 2.05) is 30.3 Å². The van der Waals surface area contributed by atoms with Crippen molar-refractivity contribution in [2.45, 2.75) is 25.9 Å². The number of hydrogen-bond acceptors (Lipinski definition) is 4. The van der Waals surface area contributed by atoms with Gasteiger partial charge in [0.1, 0.15) is 12.2 Å². The zero-order valence-corrected chi connectivity index (χ0v) is 14.1. The van der Waals surface area contributed by atoms with Crippen LogP contribution in [0.3, 0.4) is 0 Å². The third kappa shape index (κ3) is 4.09. The second-order valence-electron chi connectivity index (χ2n) is 6.22. The first-order valence-corrected chi connectivity index (χ1v) is 8.28. The first kappa shape index (κ1) is 17.2. The van der Waals surface area contributed by atoms with Gasteiger partial charge in [0.25, 0.3) is 5.91 Å². The van der Waals surface area contributed by atoms with Crippen LogP contribution in [-0.2, 0) is 22.4 Å². The van der Waals surface area contributed by atoms with Gasteiger partial charge in [0.05, 0.1) is 24.5 Å². The number of benzene rings is 1. The molecule has 1 aromatic carbocycles. The zero-order chi connectivity index (χ0) is 17.8. The van der Waals surface area contributed by atoms with Crippen LogP contribution in [0.1, 0.15) is 27.2 Å². The second kappa shape index (κ2) is 7.53. The lowest BCUT2D eigenvalue weighted by Gasteiger charge is -2.33. The Morgan fingerprint density at radius 3 is 2.76 bits per heavy atom. The molecular weight excluding hydrogens is 322 g/mol. The first-order chi connectivity index (χ1) is 12.0. The molecular formula is C19H21NO5. The second-order valence-corrected chi connectivity index (χ2v) is 6.22. The first-order valence-electron chi connectivity index (χ1n) is 8.28. The summed E-state index contributed by atoms with van der Waals surface area (Å²) in [6.07, 6.45) is 1.80. The monoisotopic (exact) mass is 343 g/mol. The van der Waals surface area contributed by atoms with Crippen molar-refractivity contribution in [2.24, 2.45) is 0 Å². The van der Waals surface area contributed by atoms with Crippen LogP contribution >= 0.6 is 0 Å². The third-order valence-corrected chi connectivity index (χ3v) is 4.31. The molecule has 6 nitrogen and oxygen atoms in total. The van der Waals surface area contributed by atoms with Gasteiger partial charge in [-0.25, -0.2) is 0 Å². The smallest absolute Gasteiger partial charge is 0.311 e. The van der Waals surface area contributed by atoms with Gasteiger partial charge in [0.15, 0.2) is 0 Å². The molecule has 0 bridgehead atoms. The average Bonchev–Trinajstić information content (AvgIpc) is 2.95. The van der Waals surface area contributed by atoms with E-state index in [-0.39, 0.29) is 24.2 Å². The number of ether oxygens (including phenoxy) is 1. The summed E-state index contributed by atoms with van der Waals surface area (Å²) in [6, 6.07) is 10.00. The highest BCUT2D eigenvalue weighted by Crippen LogP contribution is 2.21. The summed E-state index contributed by atoms with van der Waals surface area (Å²) in [5, 5.41) is 8.99. The minimum atomic E-state index is -1.02. The summed E-state index contributed by atoms with van der Waals surface area (Å²) >= 11 is 0. The Labute approximate surface area is 146 Å². The van der Waals surface area contributed by atoms with Crippen LogP contribution in [0.2, 0.25) is 0 Å². The van der Waals surface area contributed by atoms with E-state index in [1.54, 1.807) is 11.8 Å². The topological polar surface area (TPSA) is 80.0 Å². The summed E-state index contributed by atoms with van der Waals surface area (Å²) in [4.78, 5) is 25.6. The molecule has 1 unspecified atom stereocenters. The van der Waals surface area contributed by atoms with Gasteiger partial charge in [-0.3, -0.25) is 9.59 Å². The fraction of sp³-hybridized carbons (Fsp3) is 0.368. The molecule has 1 aliphatic rings. The predicted molar refractivity (Wildman–Crippen MR) is 90.6 cm³/mol. The fourth-order valence-corrected chi connectivity index (χ4v) is 3.12. The van der Waals surface area contributed by atoms with Crippen molar-refractivity contribution in [1.82, 2.24) is 4.90 Å². The summed E-state index contributed by atoms with van der Waals surface area (Å²) in [7, 11) is 0. The van der Waals surface area contributed by atoms with E-state index in [0.29, 0.717) is 30.8 Å². The van der Waals surface area contributed by atoms with Crippen LogP contribution in [-0.4, -0.2) is 47.7 Å². The highest BCUT2D eigenvalue weighted by Gasteiger charge is 2.29. The number of carbonyl (C=O) groups is 2. The predicted octanol–water partition coefficient (Wildman–Crippen LogP) is 2.30. The van der Waals surface area contributed by atoms with Gasteiger partial charge in [0.2, 0.25) is 0 Å². The zero-order valence-electron chi connectivity index (χ0n) is 14.1. The number of hydrogen-bond donors (Lipinski definition) is 1. The van der Waals surface area contributed by atoms with E-state index in [1.165, 1.54) is 6.26 Å². The lowest BCUT2D eigenvalue weighted by molar-refractivity contribution is -0.136. The Kier molecular flexibility index (Phi) is 5.19. The molecule has 0 spiro atoms. The molecule has 25 heavy (non-hydrogen) atoms.